The summed E-state index contributed by atoms with van der Waals surface area (Å²) in [4.78, 5) is 12.0. The lowest BCUT2D eigenvalue weighted by atomic mass is 9.84. The Balaban J connectivity index is 2.66. The summed E-state index contributed by atoms with van der Waals surface area (Å²) in [5.41, 5.74) is 6.66. The lowest BCUT2D eigenvalue weighted by molar-refractivity contribution is -0.120. The first-order valence-corrected chi connectivity index (χ1v) is 5.60. The number of hydrogen-bond donors (Lipinski definition) is 1. The number of allylic oxidation sites excluding steroid dienone is 2. The lowest BCUT2D eigenvalue weighted by Crippen LogP contribution is -2.29. The fourth-order valence-corrected chi connectivity index (χ4v) is 1.98. The molecule has 1 aliphatic carbocycles. The molecule has 0 saturated carbocycles. The summed E-state index contributed by atoms with van der Waals surface area (Å²) in [6.07, 6.45) is 6.52. The monoisotopic (exact) mass is 195 g/mol. The summed E-state index contributed by atoms with van der Waals surface area (Å²) < 4.78 is 0. The van der Waals surface area contributed by atoms with Gasteiger partial charge in [-0.25, -0.2) is 0 Å². The zero-order valence-electron chi connectivity index (χ0n) is 9.25. The normalized spacial score (nSPS) is 19.3. The van der Waals surface area contributed by atoms with E-state index in [0.717, 1.165) is 24.8 Å². The highest BCUT2D eigenvalue weighted by Gasteiger charge is 2.23. The molecular formula is C12H21NO. The molecule has 0 aromatic heterocycles. The minimum Gasteiger partial charge on any atom is -0.330 e. The Morgan fingerprint density at radius 3 is 2.64 bits per heavy atom. The maximum Gasteiger partial charge on any atom is 0.163 e. The Morgan fingerprint density at radius 1 is 1.50 bits per heavy atom. The van der Waals surface area contributed by atoms with E-state index in [-0.39, 0.29) is 5.92 Å². The van der Waals surface area contributed by atoms with Gasteiger partial charge in [-0.2, -0.15) is 0 Å². The van der Waals surface area contributed by atoms with Crippen LogP contribution in [0.1, 0.15) is 39.5 Å². The Hall–Kier alpha value is -0.630. The fraction of sp³-hybridized carbons (Fsp3) is 0.750. The van der Waals surface area contributed by atoms with Crippen molar-refractivity contribution < 1.29 is 4.79 Å². The maximum absolute atomic E-state index is 12.0. The summed E-state index contributed by atoms with van der Waals surface area (Å²) in [7, 11) is 0. The predicted molar refractivity (Wildman–Crippen MR) is 58.9 cm³/mol. The van der Waals surface area contributed by atoms with Crippen molar-refractivity contribution in [1.29, 1.82) is 0 Å². The number of hydrogen-bond acceptors (Lipinski definition) is 2. The standard InChI is InChI=1S/C12H21NO/c1-9(2)11(8-13)12(14)10-6-4-3-5-7-10/h6,9,11H,3-5,7-8,13H2,1-2H3. The van der Waals surface area contributed by atoms with E-state index in [9.17, 15) is 4.79 Å². The molecule has 1 atom stereocenters. The third kappa shape index (κ3) is 2.68. The molecule has 2 heteroatoms. The maximum atomic E-state index is 12.0. The zero-order chi connectivity index (χ0) is 10.6. The molecule has 0 aromatic carbocycles. The molecule has 0 heterocycles. The molecule has 0 aromatic rings. The number of Topliss-reactive ketones (excluding diaryl/α,β-unsaturated/α-hetero) is 1. The minimum atomic E-state index is 0.0272. The van der Waals surface area contributed by atoms with Crippen molar-refractivity contribution >= 4 is 5.78 Å². The smallest absolute Gasteiger partial charge is 0.163 e. The average molecular weight is 195 g/mol. The van der Waals surface area contributed by atoms with E-state index >= 15 is 0 Å². The van der Waals surface area contributed by atoms with Gasteiger partial charge >= 0.3 is 0 Å². The van der Waals surface area contributed by atoms with E-state index < -0.39 is 0 Å². The van der Waals surface area contributed by atoms with Gasteiger partial charge in [0.2, 0.25) is 0 Å². The van der Waals surface area contributed by atoms with Gasteiger partial charge in [0, 0.05) is 12.5 Å². The van der Waals surface area contributed by atoms with Gasteiger partial charge in [0.05, 0.1) is 0 Å². The fourth-order valence-electron chi connectivity index (χ4n) is 1.98. The third-order valence-corrected chi connectivity index (χ3v) is 3.00. The Morgan fingerprint density at radius 2 is 2.21 bits per heavy atom. The van der Waals surface area contributed by atoms with E-state index in [4.69, 9.17) is 5.73 Å². The summed E-state index contributed by atoms with van der Waals surface area (Å²) in [5, 5.41) is 0. The van der Waals surface area contributed by atoms with Crippen LogP contribution in [0.4, 0.5) is 0 Å². The van der Waals surface area contributed by atoms with Crippen LogP contribution in [0, 0.1) is 11.8 Å². The third-order valence-electron chi connectivity index (χ3n) is 3.00. The molecule has 2 N–H and O–H groups in total. The molecule has 0 fully saturated rings. The summed E-state index contributed by atoms with van der Waals surface area (Å²) in [5.74, 6) is 0.678. The van der Waals surface area contributed by atoms with Gasteiger partial charge in [-0.3, -0.25) is 4.79 Å². The van der Waals surface area contributed by atoms with Crippen LogP contribution in [0.5, 0.6) is 0 Å². The van der Waals surface area contributed by atoms with E-state index in [1.165, 1.54) is 6.42 Å². The van der Waals surface area contributed by atoms with Crippen LogP contribution in [-0.2, 0) is 4.79 Å². The highest BCUT2D eigenvalue weighted by molar-refractivity contribution is 5.97. The summed E-state index contributed by atoms with van der Waals surface area (Å²) >= 11 is 0. The van der Waals surface area contributed by atoms with Crippen molar-refractivity contribution in [1.82, 2.24) is 0 Å². The molecule has 0 radical (unpaired) electrons. The quantitative estimate of drug-likeness (QED) is 0.748. The number of carbonyl (C=O) groups excluding carboxylic acids is 1. The molecule has 2 nitrogen and oxygen atoms in total. The second-order valence-corrected chi connectivity index (χ2v) is 4.43. The highest BCUT2D eigenvalue weighted by atomic mass is 16.1. The molecule has 80 valence electrons. The highest BCUT2D eigenvalue weighted by Crippen LogP contribution is 2.23. The zero-order valence-corrected chi connectivity index (χ0v) is 9.25. The van der Waals surface area contributed by atoms with Gasteiger partial charge in [0.25, 0.3) is 0 Å². The van der Waals surface area contributed by atoms with E-state index in [2.05, 4.69) is 19.9 Å². The Bertz CT molecular complexity index is 230. The Labute approximate surface area is 86.6 Å². The van der Waals surface area contributed by atoms with Gasteiger partial charge in [-0.1, -0.05) is 19.9 Å². The molecule has 14 heavy (non-hydrogen) atoms. The number of ketones is 1. The van der Waals surface area contributed by atoms with Crippen molar-refractivity contribution in [2.24, 2.45) is 17.6 Å². The van der Waals surface area contributed by atoms with Crippen LogP contribution in [0.25, 0.3) is 0 Å². The lowest BCUT2D eigenvalue weighted by Gasteiger charge is -2.20. The van der Waals surface area contributed by atoms with Crippen molar-refractivity contribution in [2.45, 2.75) is 39.5 Å². The number of carbonyl (C=O) groups is 1. The van der Waals surface area contributed by atoms with Gasteiger partial charge in [-0.15, -0.1) is 0 Å². The molecule has 1 unspecified atom stereocenters. The molecule has 0 spiro atoms. The van der Waals surface area contributed by atoms with Crippen LogP contribution >= 0.6 is 0 Å². The van der Waals surface area contributed by atoms with Gasteiger partial charge in [0.1, 0.15) is 0 Å². The van der Waals surface area contributed by atoms with Crippen LogP contribution in [0.3, 0.4) is 0 Å². The van der Waals surface area contributed by atoms with Crippen LogP contribution in [0.2, 0.25) is 0 Å². The van der Waals surface area contributed by atoms with Crippen molar-refractivity contribution in [2.75, 3.05) is 6.54 Å². The van der Waals surface area contributed by atoms with Gasteiger partial charge in [-0.05, 0) is 37.2 Å². The predicted octanol–water partition coefficient (Wildman–Crippen LogP) is 2.29. The molecule has 0 saturated heterocycles. The van der Waals surface area contributed by atoms with Gasteiger partial charge < -0.3 is 5.73 Å². The number of rotatable bonds is 4. The number of nitrogens with two attached hydrogens (primary N) is 1. The van der Waals surface area contributed by atoms with Crippen molar-refractivity contribution in [3.05, 3.63) is 11.6 Å². The second-order valence-electron chi connectivity index (χ2n) is 4.43. The largest absolute Gasteiger partial charge is 0.330 e. The summed E-state index contributed by atoms with van der Waals surface area (Å²) in [6.45, 7) is 4.62. The molecule has 0 aliphatic heterocycles. The van der Waals surface area contributed by atoms with Crippen molar-refractivity contribution in [3.8, 4) is 0 Å². The molecule has 0 amide bonds. The molecule has 1 rings (SSSR count). The van der Waals surface area contributed by atoms with Gasteiger partial charge in [0.15, 0.2) is 5.78 Å². The van der Waals surface area contributed by atoms with Crippen LogP contribution in [0.15, 0.2) is 11.6 Å². The first-order valence-electron chi connectivity index (χ1n) is 5.60. The first kappa shape index (κ1) is 11.4. The van der Waals surface area contributed by atoms with E-state index in [1.54, 1.807) is 0 Å². The van der Waals surface area contributed by atoms with E-state index in [1.807, 2.05) is 0 Å². The first-order chi connectivity index (χ1) is 6.66. The summed E-state index contributed by atoms with van der Waals surface area (Å²) in [6, 6.07) is 0. The minimum absolute atomic E-state index is 0.0272. The average Bonchev–Trinajstić information content (AvgIpc) is 2.19. The van der Waals surface area contributed by atoms with E-state index in [0.29, 0.717) is 18.2 Å². The topological polar surface area (TPSA) is 43.1 Å². The molecular weight excluding hydrogens is 174 g/mol. The van der Waals surface area contributed by atoms with Crippen LogP contribution in [-0.4, -0.2) is 12.3 Å². The molecule has 1 aliphatic rings. The second kappa shape index (κ2) is 5.30. The van der Waals surface area contributed by atoms with Crippen LogP contribution < -0.4 is 5.73 Å². The SMILES string of the molecule is CC(C)C(CN)C(=O)C1=CCCCC1. The molecule has 0 bridgehead atoms. The van der Waals surface area contributed by atoms with Crippen molar-refractivity contribution in [3.63, 3.8) is 0 Å². The Kier molecular flexibility index (Phi) is 4.33.